The van der Waals surface area contributed by atoms with Crippen molar-refractivity contribution < 1.29 is 14.6 Å². The van der Waals surface area contributed by atoms with Crippen LogP contribution in [0.25, 0.3) is 12.2 Å². The molecule has 2 aromatic carbocycles. The largest absolute Gasteiger partial charge is 0.497 e. The van der Waals surface area contributed by atoms with Crippen molar-refractivity contribution in [1.29, 1.82) is 0 Å². The summed E-state index contributed by atoms with van der Waals surface area (Å²) in [7, 11) is 1.66. The van der Waals surface area contributed by atoms with Crippen molar-refractivity contribution in [2.45, 2.75) is 0 Å². The van der Waals surface area contributed by atoms with E-state index in [1.165, 1.54) is 0 Å². The third-order valence-corrected chi connectivity index (χ3v) is 2.82. The summed E-state index contributed by atoms with van der Waals surface area (Å²) in [5.74, 6) is 1.62. The predicted octanol–water partition coefficient (Wildman–Crippen LogP) is 3.24. The van der Waals surface area contributed by atoms with Gasteiger partial charge in [-0.05, 0) is 35.4 Å². The van der Waals surface area contributed by atoms with E-state index in [9.17, 15) is 0 Å². The van der Waals surface area contributed by atoms with Crippen molar-refractivity contribution in [3.63, 3.8) is 0 Å². The molecule has 2 rings (SSSR count). The Bertz CT molecular complexity index is 541. The Balaban J connectivity index is 1.99. The van der Waals surface area contributed by atoms with E-state index >= 15 is 0 Å². The van der Waals surface area contributed by atoms with Crippen LogP contribution in [0, 0.1) is 0 Å². The number of hydrogen-bond acceptors (Lipinski definition) is 3. The van der Waals surface area contributed by atoms with E-state index in [1.54, 1.807) is 7.11 Å². The molecule has 0 spiro atoms. The summed E-state index contributed by atoms with van der Waals surface area (Å²) in [4.78, 5) is 0. The molecular formula is C17H18O3. The fourth-order valence-electron chi connectivity index (χ4n) is 1.75. The molecule has 20 heavy (non-hydrogen) atoms. The highest BCUT2D eigenvalue weighted by molar-refractivity contribution is 5.70. The highest BCUT2D eigenvalue weighted by Crippen LogP contribution is 2.16. The first-order valence-corrected chi connectivity index (χ1v) is 6.47. The molecule has 0 radical (unpaired) electrons. The van der Waals surface area contributed by atoms with Gasteiger partial charge in [-0.15, -0.1) is 0 Å². The maximum Gasteiger partial charge on any atom is 0.119 e. The van der Waals surface area contributed by atoms with Crippen molar-refractivity contribution in [1.82, 2.24) is 0 Å². The van der Waals surface area contributed by atoms with Gasteiger partial charge >= 0.3 is 0 Å². The molecule has 0 aliphatic rings. The second-order valence-corrected chi connectivity index (χ2v) is 4.25. The minimum atomic E-state index is 0.0269. The minimum Gasteiger partial charge on any atom is -0.497 e. The summed E-state index contributed by atoms with van der Waals surface area (Å²) in [6, 6.07) is 15.6. The number of aliphatic hydroxyl groups is 1. The Morgan fingerprint density at radius 1 is 0.850 bits per heavy atom. The average Bonchev–Trinajstić information content (AvgIpc) is 2.52. The summed E-state index contributed by atoms with van der Waals surface area (Å²) in [5, 5.41) is 8.68. The Morgan fingerprint density at radius 3 is 1.80 bits per heavy atom. The van der Waals surface area contributed by atoms with Crippen LogP contribution in [0.1, 0.15) is 11.1 Å². The highest BCUT2D eigenvalue weighted by atomic mass is 16.5. The Morgan fingerprint density at radius 2 is 1.35 bits per heavy atom. The predicted molar refractivity (Wildman–Crippen MR) is 80.9 cm³/mol. The Kier molecular flexibility index (Phi) is 5.21. The van der Waals surface area contributed by atoms with Gasteiger partial charge in [0.05, 0.1) is 13.7 Å². The van der Waals surface area contributed by atoms with Crippen molar-refractivity contribution in [2.75, 3.05) is 20.3 Å². The van der Waals surface area contributed by atoms with Gasteiger partial charge in [0.1, 0.15) is 18.1 Å². The van der Waals surface area contributed by atoms with E-state index in [2.05, 4.69) is 0 Å². The summed E-state index contributed by atoms with van der Waals surface area (Å²) in [6.07, 6.45) is 4.08. The van der Waals surface area contributed by atoms with Crippen molar-refractivity contribution >= 4 is 12.2 Å². The molecule has 0 aliphatic heterocycles. The lowest BCUT2D eigenvalue weighted by Gasteiger charge is -2.03. The second kappa shape index (κ2) is 7.36. The topological polar surface area (TPSA) is 38.7 Å². The molecule has 0 aliphatic carbocycles. The van der Waals surface area contributed by atoms with Gasteiger partial charge in [-0.2, -0.15) is 0 Å². The molecule has 0 aromatic heterocycles. The number of aliphatic hydroxyl groups excluding tert-OH is 1. The Labute approximate surface area is 119 Å². The molecule has 0 saturated heterocycles. The quantitative estimate of drug-likeness (QED) is 0.819. The first kappa shape index (κ1) is 14.2. The van der Waals surface area contributed by atoms with Crippen LogP contribution in [0.2, 0.25) is 0 Å². The fraction of sp³-hybridized carbons (Fsp3) is 0.176. The average molecular weight is 270 g/mol. The lowest BCUT2D eigenvalue weighted by Crippen LogP contribution is -2.01. The number of methoxy groups -OCH3 is 1. The number of rotatable bonds is 6. The van der Waals surface area contributed by atoms with E-state index in [0.29, 0.717) is 6.61 Å². The summed E-state index contributed by atoms with van der Waals surface area (Å²) < 4.78 is 10.4. The number of ether oxygens (including phenoxy) is 2. The standard InChI is InChI=1S/C17H18O3/c1-19-16-8-4-14(5-9-16)2-3-15-6-10-17(11-7-15)20-13-12-18/h2-11,18H,12-13H2,1H3/b3-2+. The molecule has 0 fully saturated rings. The zero-order valence-corrected chi connectivity index (χ0v) is 11.5. The lowest BCUT2D eigenvalue weighted by atomic mass is 10.1. The van der Waals surface area contributed by atoms with Crippen LogP contribution in [0.3, 0.4) is 0 Å². The smallest absolute Gasteiger partial charge is 0.119 e. The number of hydrogen-bond donors (Lipinski definition) is 1. The molecule has 0 heterocycles. The molecule has 0 amide bonds. The SMILES string of the molecule is COc1ccc(/C=C/c2ccc(OCCO)cc2)cc1. The van der Waals surface area contributed by atoms with E-state index in [0.717, 1.165) is 22.6 Å². The fourth-order valence-corrected chi connectivity index (χ4v) is 1.75. The maximum absolute atomic E-state index is 8.68. The van der Waals surface area contributed by atoms with Crippen LogP contribution in [0.15, 0.2) is 48.5 Å². The highest BCUT2D eigenvalue weighted by Gasteiger charge is 1.94. The van der Waals surface area contributed by atoms with E-state index in [1.807, 2.05) is 60.7 Å². The lowest BCUT2D eigenvalue weighted by molar-refractivity contribution is 0.201. The summed E-state index contributed by atoms with van der Waals surface area (Å²) in [6.45, 7) is 0.347. The normalized spacial score (nSPS) is 10.7. The molecule has 2 aromatic rings. The van der Waals surface area contributed by atoms with Gasteiger partial charge in [-0.1, -0.05) is 36.4 Å². The minimum absolute atomic E-state index is 0.0269. The molecule has 0 unspecified atom stereocenters. The van der Waals surface area contributed by atoms with Gasteiger partial charge < -0.3 is 14.6 Å². The van der Waals surface area contributed by atoms with E-state index in [-0.39, 0.29) is 6.61 Å². The molecule has 104 valence electrons. The van der Waals surface area contributed by atoms with Gasteiger partial charge in [0.25, 0.3) is 0 Å². The third-order valence-electron chi connectivity index (χ3n) is 2.82. The molecule has 0 saturated carbocycles. The number of benzene rings is 2. The van der Waals surface area contributed by atoms with Crippen LogP contribution in [-0.4, -0.2) is 25.4 Å². The maximum atomic E-state index is 8.68. The van der Waals surface area contributed by atoms with Crippen molar-refractivity contribution in [3.05, 3.63) is 59.7 Å². The summed E-state index contributed by atoms with van der Waals surface area (Å²) in [5.41, 5.74) is 2.21. The van der Waals surface area contributed by atoms with Gasteiger partial charge in [-0.25, -0.2) is 0 Å². The molecule has 3 nitrogen and oxygen atoms in total. The second-order valence-electron chi connectivity index (χ2n) is 4.25. The zero-order valence-electron chi connectivity index (χ0n) is 11.5. The summed E-state index contributed by atoms with van der Waals surface area (Å²) >= 11 is 0. The van der Waals surface area contributed by atoms with Crippen LogP contribution in [0.5, 0.6) is 11.5 Å². The van der Waals surface area contributed by atoms with Crippen LogP contribution in [0.4, 0.5) is 0 Å². The van der Waals surface area contributed by atoms with Gasteiger partial charge in [0, 0.05) is 0 Å². The molecule has 0 bridgehead atoms. The molecule has 3 heteroatoms. The molecule has 1 N–H and O–H groups in total. The van der Waals surface area contributed by atoms with Gasteiger partial charge in [-0.3, -0.25) is 0 Å². The van der Waals surface area contributed by atoms with E-state index < -0.39 is 0 Å². The van der Waals surface area contributed by atoms with Gasteiger partial charge in [0.2, 0.25) is 0 Å². The first-order chi connectivity index (χ1) is 9.81. The van der Waals surface area contributed by atoms with Crippen molar-refractivity contribution in [2.24, 2.45) is 0 Å². The molecule has 0 atom stereocenters. The molecular weight excluding hydrogens is 252 g/mol. The Hall–Kier alpha value is -2.26. The van der Waals surface area contributed by atoms with Crippen LogP contribution in [-0.2, 0) is 0 Å². The van der Waals surface area contributed by atoms with Gasteiger partial charge in [0.15, 0.2) is 0 Å². The zero-order chi connectivity index (χ0) is 14.2. The third kappa shape index (κ3) is 4.14. The van der Waals surface area contributed by atoms with Crippen molar-refractivity contribution in [3.8, 4) is 11.5 Å². The van der Waals surface area contributed by atoms with Crippen LogP contribution >= 0.6 is 0 Å². The first-order valence-electron chi connectivity index (χ1n) is 6.47. The van der Waals surface area contributed by atoms with Crippen LogP contribution < -0.4 is 9.47 Å². The van der Waals surface area contributed by atoms with E-state index in [4.69, 9.17) is 14.6 Å². The monoisotopic (exact) mass is 270 g/mol.